The van der Waals surface area contributed by atoms with E-state index in [1.807, 2.05) is 35.1 Å². The van der Waals surface area contributed by atoms with Gasteiger partial charge in [0, 0.05) is 23.9 Å². The first kappa shape index (κ1) is 23.6. The summed E-state index contributed by atoms with van der Waals surface area (Å²) in [5.74, 6) is 1.52. The SMILES string of the molecule is CCn1c(CC2CCNCC2)nn(Cc2csc(-c3ccccc3)n2)c1=O.Cl.Cl. The minimum absolute atomic E-state index is 0. The van der Waals surface area contributed by atoms with E-state index in [9.17, 15) is 4.79 Å². The molecule has 1 fully saturated rings. The van der Waals surface area contributed by atoms with Crippen LogP contribution < -0.4 is 11.0 Å². The summed E-state index contributed by atoms with van der Waals surface area (Å²) < 4.78 is 3.39. The molecule has 3 aromatic rings. The summed E-state index contributed by atoms with van der Waals surface area (Å²) in [4.78, 5) is 17.5. The Labute approximate surface area is 187 Å². The fourth-order valence-electron chi connectivity index (χ4n) is 3.65. The van der Waals surface area contributed by atoms with Crippen molar-refractivity contribution in [2.45, 2.75) is 39.3 Å². The molecule has 9 heteroatoms. The van der Waals surface area contributed by atoms with Crippen molar-refractivity contribution in [2.24, 2.45) is 5.92 Å². The fraction of sp³-hybridized carbons (Fsp3) is 0.450. The van der Waals surface area contributed by atoms with Gasteiger partial charge in [0.15, 0.2) is 0 Å². The van der Waals surface area contributed by atoms with Crippen molar-refractivity contribution in [3.05, 3.63) is 57.7 Å². The van der Waals surface area contributed by atoms with E-state index in [0.29, 0.717) is 19.0 Å². The van der Waals surface area contributed by atoms with E-state index in [1.54, 1.807) is 16.0 Å². The van der Waals surface area contributed by atoms with E-state index in [4.69, 9.17) is 4.98 Å². The highest BCUT2D eigenvalue weighted by Crippen LogP contribution is 2.23. The summed E-state index contributed by atoms with van der Waals surface area (Å²) >= 11 is 1.60. The number of benzene rings is 1. The van der Waals surface area contributed by atoms with Crippen LogP contribution in [0.3, 0.4) is 0 Å². The van der Waals surface area contributed by atoms with Crippen LogP contribution in [0.25, 0.3) is 10.6 Å². The van der Waals surface area contributed by atoms with E-state index >= 15 is 0 Å². The molecule has 0 amide bonds. The van der Waals surface area contributed by atoms with Gasteiger partial charge >= 0.3 is 5.69 Å². The molecule has 2 aromatic heterocycles. The van der Waals surface area contributed by atoms with Crippen molar-refractivity contribution < 1.29 is 0 Å². The van der Waals surface area contributed by atoms with Crippen LogP contribution in [0, 0.1) is 5.92 Å². The van der Waals surface area contributed by atoms with Crippen LogP contribution in [0.4, 0.5) is 0 Å². The smallest absolute Gasteiger partial charge is 0.317 e. The van der Waals surface area contributed by atoms with E-state index in [2.05, 4.69) is 22.5 Å². The first-order valence-electron chi connectivity index (χ1n) is 9.61. The molecule has 6 nitrogen and oxygen atoms in total. The lowest BCUT2D eigenvalue weighted by molar-refractivity contribution is 0.362. The van der Waals surface area contributed by atoms with Crippen molar-refractivity contribution >= 4 is 36.2 Å². The lowest BCUT2D eigenvalue weighted by Crippen LogP contribution is -2.30. The van der Waals surface area contributed by atoms with E-state index in [-0.39, 0.29) is 30.5 Å². The number of hydrogen-bond donors (Lipinski definition) is 1. The maximum absolute atomic E-state index is 12.8. The van der Waals surface area contributed by atoms with Gasteiger partial charge in [0.25, 0.3) is 0 Å². The Hall–Kier alpha value is -1.67. The molecule has 158 valence electrons. The lowest BCUT2D eigenvalue weighted by Gasteiger charge is -2.21. The average Bonchev–Trinajstić information content (AvgIpc) is 3.28. The Morgan fingerprint density at radius 1 is 1.17 bits per heavy atom. The Kier molecular flexibility index (Phi) is 8.89. The Balaban J connectivity index is 0.00000150. The molecule has 4 rings (SSSR count). The number of piperidine rings is 1. The Morgan fingerprint density at radius 3 is 2.59 bits per heavy atom. The third-order valence-electron chi connectivity index (χ3n) is 5.13. The van der Waals surface area contributed by atoms with E-state index in [0.717, 1.165) is 54.4 Å². The lowest BCUT2D eigenvalue weighted by atomic mass is 9.94. The summed E-state index contributed by atoms with van der Waals surface area (Å²) in [6, 6.07) is 10.1. The van der Waals surface area contributed by atoms with Crippen LogP contribution in [-0.2, 0) is 19.5 Å². The maximum atomic E-state index is 12.8. The molecule has 29 heavy (non-hydrogen) atoms. The average molecular weight is 456 g/mol. The fourth-order valence-corrected chi connectivity index (χ4v) is 4.47. The summed E-state index contributed by atoms with van der Waals surface area (Å²) in [7, 11) is 0. The normalized spacial score (nSPS) is 14.2. The standard InChI is InChI=1S/C20H25N5OS.2ClH/c1-2-24-18(12-15-8-10-21-11-9-15)23-25(20(24)26)13-17-14-27-19(22-17)16-6-4-3-5-7-16;;/h3-7,14-15,21H,2,8-13H2,1H3;2*1H. The van der Waals surface area contributed by atoms with Crippen molar-refractivity contribution in [3.63, 3.8) is 0 Å². The van der Waals surface area contributed by atoms with Crippen molar-refractivity contribution in [2.75, 3.05) is 13.1 Å². The highest BCUT2D eigenvalue weighted by Gasteiger charge is 2.19. The quantitative estimate of drug-likeness (QED) is 0.616. The molecule has 1 N–H and O–H groups in total. The molecule has 0 spiro atoms. The maximum Gasteiger partial charge on any atom is 0.346 e. The second kappa shape index (κ2) is 10.9. The number of aromatic nitrogens is 4. The third kappa shape index (κ3) is 5.48. The molecule has 1 aromatic carbocycles. The largest absolute Gasteiger partial charge is 0.346 e. The molecule has 0 unspecified atom stereocenters. The van der Waals surface area contributed by atoms with Crippen LogP contribution in [-0.4, -0.2) is 32.4 Å². The van der Waals surface area contributed by atoms with Crippen molar-refractivity contribution in [3.8, 4) is 10.6 Å². The zero-order chi connectivity index (χ0) is 18.6. The molecule has 1 aliphatic heterocycles. The molecule has 0 atom stereocenters. The first-order valence-corrected chi connectivity index (χ1v) is 10.5. The van der Waals surface area contributed by atoms with Gasteiger partial charge in [0.2, 0.25) is 0 Å². The highest BCUT2D eigenvalue weighted by atomic mass is 35.5. The second-order valence-corrected chi connectivity index (χ2v) is 7.87. The van der Waals surface area contributed by atoms with Crippen LogP contribution in [0.1, 0.15) is 31.3 Å². The number of thiazole rings is 1. The van der Waals surface area contributed by atoms with Gasteiger partial charge < -0.3 is 5.32 Å². The summed E-state index contributed by atoms with van der Waals surface area (Å²) in [6.07, 6.45) is 3.18. The first-order chi connectivity index (χ1) is 13.2. The summed E-state index contributed by atoms with van der Waals surface area (Å²) in [5.41, 5.74) is 1.96. The number of halogens is 2. The molecule has 1 aliphatic rings. The molecule has 3 heterocycles. The predicted molar refractivity (Wildman–Crippen MR) is 123 cm³/mol. The minimum atomic E-state index is -0.0318. The van der Waals surface area contributed by atoms with Crippen molar-refractivity contribution in [1.29, 1.82) is 0 Å². The summed E-state index contributed by atoms with van der Waals surface area (Å²) in [5, 5.41) is 11.1. The highest BCUT2D eigenvalue weighted by molar-refractivity contribution is 7.13. The topological polar surface area (TPSA) is 64.7 Å². The molecule has 0 aliphatic carbocycles. The van der Waals surface area contributed by atoms with Gasteiger partial charge in [-0.05, 0) is 38.8 Å². The van der Waals surface area contributed by atoms with E-state index in [1.165, 1.54) is 0 Å². The number of rotatable bonds is 6. The zero-order valence-corrected chi connectivity index (χ0v) is 18.9. The third-order valence-corrected chi connectivity index (χ3v) is 6.07. The second-order valence-electron chi connectivity index (χ2n) is 7.01. The molecule has 0 radical (unpaired) electrons. The molecular formula is C20H27Cl2N5OS. The predicted octanol–water partition coefficient (Wildman–Crippen LogP) is 3.62. The van der Waals surface area contributed by atoms with Crippen LogP contribution in [0.5, 0.6) is 0 Å². The zero-order valence-electron chi connectivity index (χ0n) is 16.4. The summed E-state index contributed by atoms with van der Waals surface area (Å²) in [6.45, 7) is 5.21. The van der Waals surface area contributed by atoms with Crippen LogP contribution >= 0.6 is 36.2 Å². The minimum Gasteiger partial charge on any atom is -0.317 e. The number of hydrogen-bond acceptors (Lipinski definition) is 5. The van der Waals surface area contributed by atoms with E-state index < -0.39 is 0 Å². The molecule has 0 saturated carbocycles. The Morgan fingerprint density at radius 2 is 1.90 bits per heavy atom. The monoisotopic (exact) mass is 455 g/mol. The van der Waals surface area contributed by atoms with Gasteiger partial charge in [-0.3, -0.25) is 4.57 Å². The molecule has 1 saturated heterocycles. The number of nitrogens with zero attached hydrogens (tertiary/aromatic N) is 4. The van der Waals surface area contributed by atoms with Crippen LogP contribution in [0.2, 0.25) is 0 Å². The van der Waals surface area contributed by atoms with Gasteiger partial charge in [0.1, 0.15) is 10.8 Å². The molecular weight excluding hydrogens is 429 g/mol. The van der Waals surface area contributed by atoms with Gasteiger partial charge in [-0.15, -0.1) is 36.2 Å². The van der Waals surface area contributed by atoms with Gasteiger partial charge in [0.05, 0.1) is 12.2 Å². The van der Waals surface area contributed by atoms with Gasteiger partial charge in [-0.1, -0.05) is 30.3 Å². The van der Waals surface area contributed by atoms with Crippen molar-refractivity contribution in [1.82, 2.24) is 24.6 Å². The molecule has 0 bridgehead atoms. The van der Waals surface area contributed by atoms with Crippen LogP contribution in [0.15, 0.2) is 40.5 Å². The van der Waals surface area contributed by atoms with Gasteiger partial charge in [-0.2, -0.15) is 5.10 Å². The van der Waals surface area contributed by atoms with Gasteiger partial charge in [-0.25, -0.2) is 14.5 Å². The Bertz CT molecular complexity index is 947. The number of nitrogens with one attached hydrogen (secondary N) is 1.